The van der Waals surface area contributed by atoms with Gasteiger partial charge in [-0.3, -0.25) is 4.79 Å². The molecule has 0 heterocycles. The zero-order valence-corrected chi connectivity index (χ0v) is 12.5. The van der Waals surface area contributed by atoms with E-state index < -0.39 is 23.8 Å². The molecule has 118 valence electrons. The predicted molar refractivity (Wildman–Crippen MR) is 76.8 cm³/mol. The third-order valence-electron chi connectivity index (χ3n) is 2.71. The Morgan fingerprint density at radius 3 is 2.48 bits per heavy atom. The lowest BCUT2D eigenvalue weighted by Gasteiger charge is -2.10. The highest BCUT2D eigenvalue weighted by molar-refractivity contribution is 7.98. The van der Waals surface area contributed by atoms with E-state index in [-0.39, 0.29) is 0 Å². The zero-order valence-electron chi connectivity index (χ0n) is 11.7. The van der Waals surface area contributed by atoms with Crippen molar-refractivity contribution >= 4 is 17.7 Å². The SMILES string of the molecule is CCOC(=O)C(N)CCSCc1ccc(C(F)(F)F)cc1. The van der Waals surface area contributed by atoms with Crippen molar-refractivity contribution in [2.45, 2.75) is 31.3 Å². The van der Waals surface area contributed by atoms with Crippen LogP contribution in [0.2, 0.25) is 0 Å². The van der Waals surface area contributed by atoms with Crippen LogP contribution in [0.1, 0.15) is 24.5 Å². The average Bonchev–Trinajstić information content (AvgIpc) is 2.43. The van der Waals surface area contributed by atoms with Crippen molar-refractivity contribution in [1.29, 1.82) is 0 Å². The Hall–Kier alpha value is -1.21. The molecule has 0 spiro atoms. The van der Waals surface area contributed by atoms with E-state index in [1.54, 1.807) is 6.92 Å². The molecule has 0 fully saturated rings. The van der Waals surface area contributed by atoms with Crippen LogP contribution in [-0.4, -0.2) is 24.4 Å². The fourth-order valence-corrected chi connectivity index (χ4v) is 2.55. The van der Waals surface area contributed by atoms with E-state index >= 15 is 0 Å². The number of ether oxygens (including phenoxy) is 1. The van der Waals surface area contributed by atoms with Gasteiger partial charge in [-0.1, -0.05) is 12.1 Å². The molecular weight excluding hydrogens is 303 g/mol. The van der Waals surface area contributed by atoms with Crippen LogP contribution in [0.25, 0.3) is 0 Å². The minimum absolute atomic E-state index is 0.297. The Morgan fingerprint density at radius 2 is 1.95 bits per heavy atom. The van der Waals surface area contributed by atoms with Gasteiger partial charge < -0.3 is 10.5 Å². The van der Waals surface area contributed by atoms with Gasteiger partial charge in [-0.2, -0.15) is 24.9 Å². The molecule has 2 N–H and O–H groups in total. The number of alkyl halides is 3. The molecule has 3 nitrogen and oxygen atoms in total. The van der Waals surface area contributed by atoms with Gasteiger partial charge in [-0.15, -0.1) is 0 Å². The number of hydrogen-bond donors (Lipinski definition) is 1. The number of carbonyl (C=O) groups is 1. The van der Waals surface area contributed by atoms with Gasteiger partial charge in [0.15, 0.2) is 0 Å². The van der Waals surface area contributed by atoms with Crippen LogP contribution < -0.4 is 5.73 Å². The molecule has 0 radical (unpaired) electrons. The lowest BCUT2D eigenvalue weighted by atomic mass is 10.1. The van der Waals surface area contributed by atoms with E-state index in [2.05, 4.69) is 0 Å². The molecule has 1 aromatic rings. The van der Waals surface area contributed by atoms with Gasteiger partial charge in [-0.05, 0) is 36.8 Å². The first-order chi connectivity index (χ1) is 9.84. The molecule has 0 saturated heterocycles. The van der Waals surface area contributed by atoms with Crippen molar-refractivity contribution in [2.75, 3.05) is 12.4 Å². The summed E-state index contributed by atoms with van der Waals surface area (Å²) in [6.45, 7) is 2.01. The van der Waals surface area contributed by atoms with Crippen LogP contribution >= 0.6 is 11.8 Å². The van der Waals surface area contributed by atoms with Crippen LogP contribution in [0.15, 0.2) is 24.3 Å². The largest absolute Gasteiger partial charge is 0.465 e. The predicted octanol–water partition coefficient (Wildman–Crippen LogP) is 3.22. The number of esters is 1. The topological polar surface area (TPSA) is 52.3 Å². The van der Waals surface area contributed by atoms with Gasteiger partial charge in [0, 0.05) is 5.75 Å². The third kappa shape index (κ3) is 6.39. The first-order valence-corrected chi connectivity index (χ1v) is 7.66. The van der Waals surface area contributed by atoms with E-state index in [4.69, 9.17) is 10.5 Å². The van der Waals surface area contributed by atoms with Gasteiger partial charge in [0.2, 0.25) is 0 Å². The number of thioether (sulfide) groups is 1. The zero-order chi connectivity index (χ0) is 15.9. The quantitative estimate of drug-likeness (QED) is 0.619. The minimum atomic E-state index is -4.31. The summed E-state index contributed by atoms with van der Waals surface area (Å²) in [6, 6.07) is 4.41. The lowest BCUT2D eigenvalue weighted by Crippen LogP contribution is -2.32. The molecule has 0 aromatic heterocycles. The molecule has 1 atom stereocenters. The normalized spacial score (nSPS) is 13.0. The number of benzene rings is 1. The Bertz CT molecular complexity index is 449. The molecule has 0 saturated carbocycles. The summed E-state index contributed by atoms with van der Waals surface area (Å²) in [5.41, 5.74) is 5.79. The second-order valence-electron chi connectivity index (χ2n) is 4.39. The summed E-state index contributed by atoms with van der Waals surface area (Å²) < 4.78 is 42.0. The van der Waals surface area contributed by atoms with Crippen LogP contribution in [-0.2, 0) is 21.5 Å². The van der Waals surface area contributed by atoms with Gasteiger partial charge in [0.1, 0.15) is 6.04 Å². The standard InChI is InChI=1S/C14H18F3NO2S/c1-2-20-13(19)12(18)7-8-21-9-10-3-5-11(6-4-10)14(15,16)17/h3-6,12H,2,7-9,18H2,1H3. The molecule has 1 aromatic carbocycles. The van der Waals surface area contributed by atoms with Crippen LogP contribution in [0.4, 0.5) is 13.2 Å². The minimum Gasteiger partial charge on any atom is -0.465 e. The second-order valence-corrected chi connectivity index (χ2v) is 5.50. The highest BCUT2D eigenvalue weighted by Crippen LogP contribution is 2.29. The lowest BCUT2D eigenvalue weighted by molar-refractivity contribution is -0.144. The molecule has 21 heavy (non-hydrogen) atoms. The summed E-state index contributed by atoms with van der Waals surface area (Å²) in [6.07, 6.45) is -3.83. The second kappa shape index (κ2) is 8.29. The number of nitrogens with two attached hydrogens (primary N) is 1. The Labute approximate surface area is 126 Å². The van der Waals surface area contributed by atoms with Crippen LogP contribution in [0.3, 0.4) is 0 Å². The van der Waals surface area contributed by atoms with Crippen LogP contribution in [0, 0.1) is 0 Å². The Morgan fingerprint density at radius 1 is 1.33 bits per heavy atom. The van der Waals surface area contributed by atoms with E-state index in [9.17, 15) is 18.0 Å². The van der Waals surface area contributed by atoms with Crippen LogP contribution in [0.5, 0.6) is 0 Å². The number of hydrogen-bond acceptors (Lipinski definition) is 4. The maximum Gasteiger partial charge on any atom is 0.416 e. The maximum absolute atomic E-state index is 12.4. The molecule has 1 unspecified atom stereocenters. The molecule has 0 bridgehead atoms. The highest BCUT2D eigenvalue weighted by atomic mass is 32.2. The van der Waals surface area contributed by atoms with Gasteiger partial charge in [-0.25, -0.2) is 0 Å². The van der Waals surface area contributed by atoms with Crippen molar-refractivity contribution in [3.8, 4) is 0 Å². The molecule has 0 amide bonds. The van der Waals surface area contributed by atoms with E-state index in [1.807, 2.05) is 0 Å². The maximum atomic E-state index is 12.4. The van der Waals surface area contributed by atoms with E-state index in [0.717, 1.165) is 17.7 Å². The highest BCUT2D eigenvalue weighted by Gasteiger charge is 2.29. The summed E-state index contributed by atoms with van der Waals surface area (Å²) in [5, 5.41) is 0. The first kappa shape index (κ1) is 17.8. The molecule has 0 aliphatic rings. The van der Waals surface area contributed by atoms with Gasteiger partial charge >= 0.3 is 12.1 Å². The van der Waals surface area contributed by atoms with Crippen molar-refractivity contribution in [2.24, 2.45) is 5.73 Å². The summed E-state index contributed by atoms with van der Waals surface area (Å²) in [7, 11) is 0. The third-order valence-corrected chi connectivity index (χ3v) is 3.77. The molecule has 1 rings (SSSR count). The van der Waals surface area contributed by atoms with Crippen molar-refractivity contribution in [3.05, 3.63) is 35.4 Å². The molecule has 7 heteroatoms. The average molecular weight is 321 g/mol. The number of rotatable bonds is 7. The number of carbonyl (C=O) groups excluding carboxylic acids is 1. The molecule has 0 aliphatic heterocycles. The van der Waals surface area contributed by atoms with Crippen molar-refractivity contribution in [1.82, 2.24) is 0 Å². The number of halogens is 3. The van der Waals surface area contributed by atoms with E-state index in [0.29, 0.717) is 24.5 Å². The fourth-order valence-electron chi connectivity index (χ4n) is 1.56. The van der Waals surface area contributed by atoms with Crippen molar-refractivity contribution < 1.29 is 22.7 Å². The smallest absolute Gasteiger partial charge is 0.416 e. The summed E-state index contributed by atoms with van der Waals surface area (Å²) in [4.78, 5) is 11.3. The Kier molecular flexibility index (Phi) is 7.04. The first-order valence-electron chi connectivity index (χ1n) is 6.50. The molecular formula is C14H18F3NO2S. The summed E-state index contributed by atoms with van der Waals surface area (Å²) >= 11 is 1.51. The van der Waals surface area contributed by atoms with Gasteiger partial charge in [0.05, 0.1) is 12.2 Å². The van der Waals surface area contributed by atoms with Crippen molar-refractivity contribution in [3.63, 3.8) is 0 Å². The van der Waals surface area contributed by atoms with E-state index in [1.165, 1.54) is 23.9 Å². The fraction of sp³-hybridized carbons (Fsp3) is 0.500. The molecule has 0 aliphatic carbocycles. The summed E-state index contributed by atoms with van der Waals surface area (Å²) in [5.74, 6) is 0.793. The van der Waals surface area contributed by atoms with Gasteiger partial charge in [0.25, 0.3) is 0 Å². The Balaban J connectivity index is 2.32. The monoisotopic (exact) mass is 321 g/mol.